The number of hydrogen-bond donors (Lipinski definition) is 0. The molecule has 0 aliphatic heterocycles. The SMILES string of the molecule is Cc1cc(C)cc(-n2c3cc(C(C)(C)C)c(C(C)(C)C)cc3c(=O)c3cc4c(cc32)c(=O)c2cc(C(C)(C)C)c(C(C)(C)C)cc2n4-c2cc(C)cc(C)c2)c1. The van der Waals surface area contributed by atoms with Crippen LogP contribution in [0.1, 0.15) is 128 Å². The van der Waals surface area contributed by atoms with E-state index >= 15 is 9.59 Å². The minimum atomic E-state index is -0.189. The lowest BCUT2D eigenvalue weighted by Crippen LogP contribution is -2.24. The largest absolute Gasteiger partial charge is 0.309 e. The molecule has 0 N–H and O–H groups in total. The Hall–Kier alpha value is -4.96. The number of hydrogen-bond acceptors (Lipinski definition) is 2. The van der Waals surface area contributed by atoms with Crippen LogP contribution in [0.25, 0.3) is 55.0 Å². The Morgan fingerprint density at radius 1 is 0.321 bits per heavy atom. The molecule has 0 aliphatic rings. The molecule has 0 atom stereocenters. The average molecular weight is 745 g/mol. The van der Waals surface area contributed by atoms with Gasteiger partial charge >= 0.3 is 0 Å². The Morgan fingerprint density at radius 3 is 0.821 bits per heavy atom. The summed E-state index contributed by atoms with van der Waals surface area (Å²) in [4.78, 5) is 30.5. The van der Waals surface area contributed by atoms with Crippen LogP contribution < -0.4 is 10.9 Å². The van der Waals surface area contributed by atoms with E-state index in [1.165, 1.54) is 22.3 Å². The number of aryl methyl sites for hydroxylation is 4. The van der Waals surface area contributed by atoms with E-state index in [-0.39, 0.29) is 32.5 Å². The van der Waals surface area contributed by atoms with Gasteiger partial charge in [0, 0.05) is 32.9 Å². The van der Waals surface area contributed by atoms with E-state index in [9.17, 15) is 0 Å². The number of benzene rings is 5. The van der Waals surface area contributed by atoms with Gasteiger partial charge < -0.3 is 9.13 Å². The Balaban J connectivity index is 1.81. The molecule has 0 saturated heterocycles. The van der Waals surface area contributed by atoms with Crippen LogP contribution >= 0.6 is 0 Å². The fourth-order valence-corrected chi connectivity index (χ4v) is 8.97. The highest BCUT2D eigenvalue weighted by molar-refractivity contribution is 6.06. The minimum absolute atomic E-state index is 0.0264. The van der Waals surface area contributed by atoms with Crippen LogP contribution in [0.4, 0.5) is 0 Å². The number of rotatable bonds is 2. The van der Waals surface area contributed by atoms with Gasteiger partial charge in [-0.2, -0.15) is 0 Å². The summed E-state index contributed by atoms with van der Waals surface area (Å²) in [5.74, 6) is 0. The number of pyridine rings is 2. The molecule has 2 aromatic heterocycles. The van der Waals surface area contributed by atoms with E-state index in [2.05, 4.69) is 181 Å². The van der Waals surface area contributed by atoms with Gasteiger partial charge in [-0.05, 0) is 155 Å². The first-order valence-electron chi connectivity index (χ1n) is 20.2. The first kappa shape index (κ1) is 39.3. The monoisotopic (exact) mass is 744 g/mol. The Morgan fingerprint density at radius 2 is 0.554 bits per heavy atom. The fourth-order valence-electron chi connectivity index (χ4n) is 8.97. The molecule has 0 fully saturated rings. The van der Waals surface area contributed by atoms with E-state index < -0.39 is 0 Å². The molecule has 0 amide bonds. The topological polar surface area (TPSA) is 44.0 Å². The summed E-state index contributed by atoms with van der Waals surface area (Å²) < 4.78 is 4.47. The molecule has 0 radical (unpaired) electrons. The van der Waals surface area contributed by atoms with Gasteiger partial charge in [0.2, 0.25) is 0 Å². The van der Waals surface area contributed by atoms with Crippen LogP contribution in [0.3, 0.4) is 0 Å². The normalized spacial score (nSPS) is 13.1. The van der Waals surface area contributed by atoms with Crippen molar-refractivity contribution in [2.24, 2.45) is 0 Å². The molecule has 0 bridgehead atoms. The van der Waals surface area contributed by atoms with Gasteiger partial charge in [-0.3, -0.25) is 9.59 Å². The van der Waals surface area contributed by atoms with Crippen molar-refractivity contribution in [2.75, 3.05) is 0 Å². The second-order valence-electron chi connectivity index (χ2n) is 20.7. The molecule has 0 spiro atoms. The van der Waals surface area contributed by atoms with Crippen molar-refractivity contribution in [1.82, 2.24) is 9.13 Å². The second-order valence-corrected chi connectivity index (χ2v) is 20.7. The summed E-state index contributed by atoms with van der Waals surface area (Å²) in [6.07, 6.45) is 0. The van der Waals surface area contributed by atoms with Crippen molar-refractivity contribution in [1.29, 1.82) is 0 Å². The third-order valence-electron chi connectivity index (χ3n) is 11.5. The first-order valence-corrected chi connectivity index (χ1v) is 20.2. The van der Waals surface area contributed by atoms with Crippen LogP contribution in [0.2, 0.25) is 0 Å². The molecule has 4 nitrogen and oxygen atoms in total. The molecule has 5 aromatic carbocycles. The highest BCUT2D eigenvalue weighted by Gasteiger charge is 2.30. The number of aromatic nitrogens is 2. The molecule has 4 heteroatoms. The van der Waals surface area contributed by atoms with Gasteiger partial charge in [-0.25, -0.2) is 0 Å². The highest BCUT2D eigenvalue weighted by Crippen LogP contribution is 2.41. The molecule has 0 saturated carbocycles. The van der Waals surface area contributed by atoms with Crippen molar-refractivity contribution >= 4 is 43.6 Å². The van der Waals surface area contributed by atoms with Gasteiger partial charge in [0.1, 0.15) is 0 Å². The van der Waals surface area contributed by atoms with E-state index in [4.69, 9.17) is 0 Å². The van der Waals surface area contributed by atoms with E-state index in [1.807, 2.05) is 12.1 Å². The predicted octanol–water partition coefficient (Wildman–Crippen LogP) is 13.0. The molecule has 290 valence electrons. The second kappa shape index (κ2) is 12.8. The van der Waals surface area contributed by atoms with Crippen molar-refractivity contribution in [3.8, 4) is 11.4 Å². The molecule has 0 aliphatic carbocycles. The first-order chi connectivity index (χ1) is 25.8. The van der Waals surface area contributed by atoms with Crippen LogP contribution in [0.5, 0.6) is 0 Å². The maximum absolute atomic E-state index is 15.2. The fraction of sp³-hybridized carbons (Fsp3) is 0.385. The maximum Gasteiger partial charge on any atom is 0.197 e. The van der Waals surface area contributed by atoms with Gasteiger partial charge in [0.15, 0.2) is 10.9 Å². The van der Waals surface area contributed by atoms with E-state index in [1.54, 1.807) is 0 Å². The Bertz CT molecular complexity index is 2670. The summed E-state index contributed by atoms with van der Waals surface area (Å²) in [6.45, 7) is 35.3. The lowest BCUT2D eigenvalue weighted by molar-refractivity contribution is 0.531. The van der Waals surface area contributed by atoms with E-state index in [0.29, 0.717) is 21.5 Å². The van der Waals surface area contributed by atoms with Gasteiger partial charge in [-0.15, -0.1) is 0 Å². The summed E-state index contributed by atoms with van der Waals surface area (Å²) in [6, 6.07) is 25.9. The zero-order valence-corrected chi connectivity index (χ0v) is 36.6. The summed E-state index contributed by atoms with van der Waals surface area (Å²) >= 11 is 0. The van der Waals surface area contributed by atoms with Crippen LogP contribution in [-0.4, -0.2) is 9.13 Å². The van der Waals surface area contributed by atoms with Gasteiger partial charge in [0.25, 0.3) is 0 Å². The lowest BCUT2D eigenvalue weighted by Gasteiger charge is -2.31. The van der Waals surface area contributed by atoms with Crippen molar-refractivity contribution in [2.45, 2.75) is 132 Å². The summed E-state index contributed by atoms with van der Waals surface area (Å²) in [5.41, 5.74) is 13.6. The Labute approximate surface area is 333 Å². The van der Waals surface area contributed by atoms with E-state index in [0.717, 1.165) is 55.7 Å². The molecule has 7 aromatic rings. The van der Waals surface area contributed by atoms with Crippen LogP contribution in [-0.2, 0) is 21.7 Å². The molecular weight excluding hydrogens is 685 g/mol. The third kappa shape index (κ3) is 6.59. The van der Waals surface area contributed by atoms with Crippen LogP contribution in [0, 0.1) is 27.7 Å². The average Bonchev–Trinajstić information content (AvgIpc) is 3.04. The zero-order chi connectivity index (χ0) is 41.2. The summed E-state index contributed by atoms with van der Waals surface area (Å²) in [5, 5.41) is 2.54. The molecule has 7 rings (SSSR count). The van der Waals surface area contributed by atoms with Crippen molar-refractivity contribution in [3.05, 3.63) is 138 Å². The van der Waals surface area contributed by atoms with Crippen molar-refractivity contribution < 1.29 is 0 Å². The Kier molecular flexibility index (Phi) is 8.96. The van der Waals surface area contributed by atoms with Gasteiger partial charge in [0.05, 0.1) is 22.1 Å². The molecule has 56 heavy (non-hydrogen) atoms. The van der Waals surface area contributed by atoms with Crippen molar-refractivity contribution in [3.63, 3.8) is 0 Å². The van der Waals surface area contributed by atoms with Crippen LogP contribution in [0.15, 0.2) is 82.4 Å². The molecule has 2 heterocycles. The molecule has 0 unspecified atom stereocenters. The third-order valence-corrected chi connectivity index (χ3v) is 11.5. The smallest absolute Gasteiger partial charge is 0.197 e. The zero-order valence-electron chi connectivity index (χ0n) is 36.6. The van der Waals surface area contributed by atoms with Gasteiger partial charge in [-0.1, -0.05) is 95.2 Å². The quantitative estimate of drug-likeness (QED) is 0.165. The minimum Gasteiger partial charge on any atom is -0.309 e. The number of nitrogens with zero attached hydrogens (tertiary/aromatic N) is 2. The highest BCUT2D eigenvalue weighted by atomic mass is 16.1. The maximum atomic E-state index is 15.2. The number of fused-ring (bicyclic) bond motifs is 4. The predicted molar refractivity (Wildman–Crippen MR) is 241 cm³/mol. The lowest BCUT2D eigenvalue weighted by atomic mass is 9.74. The molecular formula is C52H60N2O2. The standard InChI is InChI=1S/C52H60N2O2/c1-29-17-30(2)20-33(19-29)53-43-25-38-44(26-37(43)47(55)35-23-39(49(5,6)7)41(27-45(35)53)51(11,12)13)54(34-21-31(3)18-32(4)22-34)46-28-42(52(14,15)16)40(50(8,9)10)24-36(46)48(38)56/h17-28H,1-16H3. The summed E-state index contributed by atoms with van der Waals surface area (Å²) in [7, 11) is 0.